The SMILES string of the molecule is C=CCCCCCCCCCCCCCCCCCCCCCCCCCCCCN1CCC(C=C)C1=O. The van der Waals surface area contributed by atoms with Crippen molar-refractivity contribution in [3.63, 3.8) is 0 Å². The Morgan fingerprint density at radius 3 is 1.13 bits per heavy atom. The van der Waals surface area contributed by atoms with Gasteiger partial charge in [0.05, 0.1) is 5.92 Å². The minimum absolute atomic E-state index is 0.0901. The maximum Gasteiger partial charge on any atom is 0.229 e. The molecular formula is C36H67NO. The van der Waals surface area contributed by atoms with Gasteiger partial charge in [0.1, 0.15) is 0 Å². The van der Waals surface area contributed by atoms with Crippen LogP contribution in [0, 0.1) is 5.92 Å². The average molecular weight is 530 g/mol. The predicted octanol–water partition coefficient (Wildman–Crippen LogP) is 11.7. The first-order valence-electron chi connectivity index (χ1n) is 17.3. The number of carbonyl (C=O) groups excluding carboxylic acids is 1. The van der Waals surface area contributed by atoms with Crippen molar-refractivity contribution in [3.05, 3.63) is 25.3 Å². The Morgan fingerprint density at radius 1 is 0.526 bits per heavy atom. The van der Waals surface area contributed by atoms with Crippen molar-refractivity contribution in [2.45, 2.75) is 180 Å². The van der Waals surface area contributed by atoms with Crippen LogP contribution in [0.4, 0.5) is 0 Å². The smallest absolute Gasteiger partial charge is 0.229 e. The first-order chi connectivity index (χ1) is 18.8. The van der Waals surface area contributed by atoms with Crippen molar-refractivity contribution in [2.24, 2.45) is 5.92 Å². The normalized spacial score (nSPS) is 15.4. The summed E-state index contributed by atoms with van der Waals surface area (Å²) in [4.78, 5) is 14.1. The van der Waals surface area contributed by atoms with E-state index in [9.17, 15) is 4.79 Å². The highest BCUT2D eigenvalue weighted by atomic mass is 16.2. The zero-order valence-corrected chi connectivity index (χ0v) is 25.7. The number of rotatable bonds is 30. The zero-order chi connectivity index (χ0) is 27.4. The summed E-state index contributed by atoms with van der Waals surface area (Å²) in [5.74, 6) is 0.399. The molecule has 1 fully saturated rings. The fraction of sp³-hybridized carbons (Fsp3) is 0.861. The summed E-state index contributed by atoms with van der Waals surface area (Å²) in [5, 5.41) is 0. The standard InChI is InChI=1S/C36H67NO/c1-3-5-6-7-8-9-10-11-12-13-14-15-16-17-18-19-20-21-22-23-24-25-26-27-28-29-30-31-33-37-34-32-35(4-2)36(37)38/h3-4,35H,1-2,5-34H2. The zero-order valence-electron chi connectivity index (χ0n) is 25.7. The molecule has 1 heterocycles. The van der Waals surface area contributed by atoms with Gasteiger partial charge in [-0.2, -0.15) is 0 Å². The van der Waals surface area contributed by atoms with E-state index in [0.29, 0.717) is 5.91 Å². The van der Waals surface area contributed by atoms with Gasteiger partial charge in [0.2, 0.25) is 5.91 Å². The van der Waals surface area contributed by atoms with Crippen molar-refractivity contribution in [1.29, 1.82) is 0 Å². The summed E-state index contributed by atoms with van der Waals surface area (Å²) >= 11 is 0. The number of unbranched alkanes of at least 4 members (excludes halogenated alkanes) is 26. The van der Waals surface area contributed by atoms with Crippen molar-refractivity contribution in [2.75, 3.05) is 13.1 Å². The first-order valence-corrected chi connectivity index (χ1v) is 17.3. The summed E-state index contributed by atoms with van der Waals surface area (Å²) < 4.78 is 0. The number of likely N-dealkylation sites (tertiary alicyclic amines) is 1. The molecule has 0 N–H and O–H groups in total. The molecule has 2 nitrogen and oxygen atoms in total. The Morgan fingerprint density at radius 2 is 0.842 bits per heavy atom. The maximum atomic E-state index is 12.1. The van der Waals surface area contributed by atoms with Crippen molar-refractivity contribution >= 4 is 5.91 Å². The molecule has 0 radical (unpaired) electrons. The van der Waals surface area contributed by atoms with Crippen LogP contribution in [0.3, 0.4) is 0 Å². The van der Waals surface area contributed by atoms with Gasteiger partial charge >= 0.3 is 0 Å². The number of carbonyl (C=O) groups is 1. The average Bonchev–Trinajstić information content (AvgIpc) is 3.29. The largest absolute Gasteiger partial charge is 0.342 e. The monoisotopic (exact) mass is 530 g/mol. The molecule has 1 amide bonds. The second kappa shape index (κ2) is 27.5. The van der Waals surface area contributed by atoms with E-state index in [4.69, 9.17) is 0 Å². The minimum Gasteiger partial charge on any atom is -0.342 e. The van der Waals surface area contributed by atoms with Gasteiger partial charge in [-0.15, -0.1) is 13.2 Å². The van der Waals surface area contributed by atoms with Crippen LogP contribution in [0.1, 0.15) is 180 Å². The van der Waals surface area contributed by atoms with E-state index in [0.717, 1.165) is 19.5 Å². The van der Waals surface area contributed by atoms with Gasteiger partial charge in [-0.05, 0) is 25.7 Å². The molecule has 0 bridgehead atoms. The summed E-state index contributed by atoms with van der Waals surface area (Å²) in [5.41, 5.74) is 0. The molecular weight excluding hydrogens is 462 g/mol. The molecule has 1 aliphatic rings. The highest BCUT2D eigenvalue weighted by Gasteiger charge is 2.28. The minimum atomic E-state index is 0.0901. The molecule has 0 spiro atoms. The molecule has 0 aromatic heterocycles. The highest BCUT2D eigenvalue weighted by molar-refractivity contribution is 5.82. The fourth-order valence-corrected chi connectivity index (χ4v) is 6.04. The van der Waals surface area contributed by atoms with Gasteiger partial charge in [0.25, 0.3) is 0 Å². The topological polar surface area (TPSA) is 20.3 Å². The van der Waals surface area contributed by atoms with Gasteiger partial charge in [0, 0.05) is 13.1 Å². The number of hydrogen-bond acceptors (Lipinski definition) is 1. The van der Waals surface area contributed by atoms with Crippen molar-refractivity contribution in [1.82, 2.24) is 4.90 Å². The Hall–Kier alpha value is -1.05. The Kier molecular flexibility index (Phi) is 25.3. The number of allylic oxidation sites excluding steroid dienone is 1. The molecule has 1 aliphatic heterocycles. The highest BCUT2D eigenvalue weighted by Crippen LogP contribution is 2.20. The quantitative estimate of drug-likeness (QED) is 0.0669. The third kappa shape index (κ3) is 20.9. The molecule has 0 aliphatic carbocycles. The van der Waals surface area contributed by atoms with E-state index in [2.05, 4.69) is 19.2 Å². The summed E-state index contributed by atoms with van der Waals surface area (Å²) in [7, 11) is 0. The Labute approximate surface area is 239 Å². The van der Waals surface area contributed by atoms with Crippen LogP contribution in [-0.2, 0) is 4.79 Å². The van der Waals surface area contributed by atoms with E-state index >= 15 is 0 Å². The van der Waals surface area contributed by atoms with Gasteiger partial charge in [-0.25, -0.2) is 0 Å². The fourth-order valence-electron chi connectivity index (χ4n) is 6.04. The molecule has 38 heavy (non-hydrogen) atoms. The summed E-state index contributed by atoms with van der Waals surface area (Å²) in [6.45, 7) is 9.47. The van der Waals surface area contributed by atoms with Crippen molar-refractivity contribution < 1.29 is 4.79 Å². The Balaban J connectivity index is 1.65. The van der Waals surface area contributed by atoms with Gasteiger partial charge in [0.15, 0.2) is 0 Å². The number of amides is 1. The van der Waals surface area contributed by atoms with Crippen LogP contribution in [0.2, 0.25) is 0 Å². The van der Waals surface area contributed by atoms with E-state index in [1.807, 2.05) is 11.0 Å². The molecule has 1 unspecified atom stereocenters. The van der Waals surface area contributed by atoms with Crippen LogP contribution in [-0.4, -0.2) is 23.9 Å². The molecule has 1 atom stereocenters. The van der Waals surface area contributed by atoms with Crippen LogP contribution >= 0.6 is 0 Å². The van der Waals surface area contributed by atoms with E-state index in [-0.39, 0.29) is 5.92 Å². The molecule has 2 heteroatoms. The third-order valence-corrected chi connectivity index (χ3v) is 8.71. The number of nitrogens with zero attached hydrogens (tertiary/aromatic N) is 1. The second-order valence-corrected chi connectivity index (χ2v) is 12.2. The lowest BCUT2D eigenvalue weighted by Gasteiger charge is -2.15. The second-order valence-electron chi connectivity index (χ2n) is 12.2. The Bertz CT molecular complexity index is 541. The molecule has 222 valence electrons. The lowest BCUT2D eigenvalue weighted by atomic mass is 10.0. The molecule has 0 aromatic carbocycles. The van der Waals surface area contributed by atoms with Crippen LogP contribution in [0.5, 0.6) is 0 Å². The maximum absolute atomic E-state index is 12.1. The van der Waals surface area contributed by atoms with E-state index in [1.165, 1.54) is 173 Å². The molecule has 0 aromatic rings. The van der Waals surface area contributed by atoms with Crippen molar-refractivity contribution in [3.8, 4) is 0 Å². The van der Waals surface area contributed by atoms with Gasteiger partial charge in [-0.3, -0.25) is 4.79 Å². The van der Waals surface area contributed by atoms with E-state index in [1.54, 1.807) is 0 Å². The lowest BCUT2D eigenvalue weighted by molar-refractivity contribution is -0.129. The number of hydrogen-bond donors (Lipinski definition) is 0. The van der Waals surface area contributed by atoms with Crippen LogP contribution in [0.15, 0.2) is 25.3 Å². The first kappa shape index (κ1) is 35.0. The third-order valence-electron chi connectivity index (χ3n) is 8.71. The van der Waals surface area contributed by atoms with Crippen LogP contribution < -0.4 is 0 Å². The molecule has 0 saturated carbocycles. The predicted molar refractivity (Wildman–Crippen MR) is 170 cm³/mol. The summed E-state index contributed by atoms with van der Waals surface area (Å²) in [6, 6.07) is 0. The lowest BCUT2D eigenvalue weighted by Crippen LogP contribution is -2.27. The van der Waals surface area contributed by atoms with Crippen LogP contribution in [0.25, 0.3) is 0 Å². The van der Waals surface area contributed by atoms with Gasteiger partial charge < -0.3 is 4.90 Å². The molecule has 1 saturated heterocycles. The molecule has 1 rings (SSSR count). The van der Waals surface area contributed by atoms with E-state index < -0.39 is 0 Å². The summed E-state index contributed by atoms with van der Waals surface area (Å²) in [6.07, 6.45) is 43.0. The van der Waals surface area contributed by atoms with Gasteiger partial charge in [-0.1, -0.05) is 166 Å².